The molecule has 0 saturated heterocycles. The minimum atomic E-state index is -0.353. The van der Waals surface area contributed by atoms with Crippen molar-refractivity contribution in [1.82, 2.24) is 5.43 Å². The summed E-state index contributed by atoms with van der Waals surface area (Å²) in [5.41, 5.74) is 4.47. The van der Waals surface area contributed by atoms with E-state index in [1.54, 1.807) is 25.3 Å². The van der Waals surface area contributed by atoms with E-state index in [9.17, 15) is 4.79 Å². The third-order valence-electron chi connectivity index (χ3n) is 3.75. The molecule has 0 spiro atoms. The number of carbonyl (C=O) groups is 1. The van der Waals surface area contributed by atoms with Crippen molar-refractivity contribution in [1.29, 1.82) is 0 Å². The number of nitrogens with two attached hydrogens (primary N) is 1. The predicted molar refractivity (Wildman–Crippen MR) is 94.1 cm³/mol. The van der Waals surface area contributed by atoms with Crippen LogP contribution < -0.4 is 20.7 Å². The Kier molecular flexibility index (Phi) is 5.46. The number of nitrogens with one attached hydrogen (secondary N) is 1. The van der Waals surface area contributed by atoms with Crippen LogP contribution in [0.15, 0.2) is 42.5 Å². The van der Waals surface area contributed by atoms with E-state index in [2.05, 4.69) is 32.3 Å². The SMILES string of the molecule is COc1ccc(C(=O)NN)cc1COc1ccccc1C(C)(C)C. The molecule has 5 nitrogen and oxygen atoms in total. The van der Waals surface area contributed by atoms with Crippen LogP contribution in [0.2, 0.25) is 0 Å². The van der Waals surface area contributed by atoms with Gasteiger partial charge in [-0.15, -0.1) is 0 Å². The molecule has 0 aliphatic heterocycles. The molecule has 0 aliphatic carbocycles. The molecule has 0 aromatic heterocycles. The van der Waals surface area contributed by atoms with Crippen molar-refractivity contribution in [2.75, 3.05) is 7.11 Å². The van der Waals surface area contributed by atoms with Crippen molar-refractivity contribution in [2.24, 2.45) is 5.84 Å². The fourth-order valence-corrected chi connectivity index (χ4v) is 2.48. The number of hydrazine groups is 1. The maximum absolute atomic E-state index is 11.7. The standard InChI is InChI=1S/C19H24N2O3/c1-19(2,3)15-7-5-6-8-17(15)24-12-14-11-13(18(22)21-20)9-10-16(14)23-4/h5-11H,12,20H2,1-4H3,(H,21,22). The molecule has 0 unspecified atom stereocenters. The zero-order chi connectivity index (χ0) is 17.7. The van der Waals surface area contributed by atoms with E-state index in [0.717, 1.165) is 16.9 Å². The van der Waals surface area contributed by atoms with Gasteiger partial charge in [-0.3, -0.25) is 10.2 Å². The molecule has 0 atom stereocenters. The third kappa shape index (κ3) is 4.06. The van der Waals surface area contributed by atoms with E-state index in [4.69, 9.17) is 15.3 Å². The van der Waals surface area contributed by atoms with Gasteiger partial charge >= 0.3 is 0 Å². The van der Waals surface area contributed by atoms with Crippen molar-refractivity contribution in [3.63, 3.8) is 0 Å². The van der Waals surface area contributed by atoms with Crippen molar-refractivity contribution >= 4 is 5.91 Å². The Bertz CT molecular complexity index is 721. The maximum Gasteiger partial charge on any atom is 0.265 e. The van der Waals surface area contributed by atoms with E-state index in [1.807, 2.05) is 18.2 Å². The first-order valence-electron chi connectivity index (χ1n) is 7.77. The van der Waals surface area contributed by atoms with Crippen molar-refractivity contribution in [3.8, 4) is 11.5 Å². The number of hydrogen-bond acceptors (Lipinski definition) is 4. The summed E-state index contributed by atoms with van der Waals surface area (Å²) in [5, 5.41) is 0. The molecule has 24 heavy (non-hydrogen) atoms. The van der Waals surface area contributed by atoms with Crippen LogP contribution in [0.5, 0.6) is 11.5 Å². The lowest BCUT2D eigenvalue weighted by Gasteiger charge is -2.23. The lowest BCUT2D eigenvalue weighted by atomic mass is 9.86. The molecule has 5 heteroatoms. The van der Waals surface area contributed by atoms with Gasteiger partial charge in [-0.05, 0) is 35.2 Å². The molecule has 0 saturated carbocycles. The van der Waals surface area contributed by atoms with Gasteiger partial charge in [0.05, 0.1) is 7.11 Å². The second kappa shape index (κ2) is 7.36. The highest BCUT2D eigenvalue weighted by atomic mass is 16.5. The number of nitrogen functional groups attached to an aromatic ring is 1. The normalized spacial score (nSPS) is 11.0. The van der Waals surface area contributed by atoms with Crippen LogP contribution in [0.1, 0.15) is 42.3 Å². The summed E-state index contributed by atoms with van der Waals surface area (Å²) >= 11 is 0. The smallest absolute Gasteiger partial charge is 0.265 e. The lowest BCUT2D eigenvalue weighted by molar-refractivity contribution is 0.0953. The zero-order valence-electron chi connectivity index (χ0n) is 14.6. The Hall–Kier alpha value is -2.53. The molecule has 0 fully saturated rings. The van der Waals surface area contributed by atoms with Crippen molar-refractivity contribution in [3.05, 3.63) is 59.2 Å². The number of rotatable bonds is 5. The summed E-state index contributed by atoms with van der Waals surface area (Å²) in [4.78, 5) is 11.7. The second-order valence-electron chi connectivity index (χ2n) is 6.53. The van der Waals surface area contributed by atoms with Gasteiger partial charge in [-0.25, -0.2) is 5.84 Å². The Labute approximate surface area is 142 Å². The average Bonchev–Trinajstić information content (AvgIpc) is 2.58. The fraction of sp³-hybridized carbons (Fsp3) is 0.316. The van der Waals surface area contributed by atoms with Crippen molar-refractivity contribution < 1.29 is 14.3 Å². The highest BCUT2D eigenvalue weighted by Gasteiger charge is 2.19. The van der Waals surface area contributed by atoms with E-state index < -0.39 is 0 Å². The van der Waals surface area contributed by atoms with Crippen LogP contribution in [0.25, 0.3) is 0 Å². The topological polar surface area (TPSA) is 73.6 Å². The number of para-hydroxylation sites is 1. The van der Waals surface area contributed by atoms with Gasteiger partial charge in [0.2, 0.25) is 0 Å². The van der Waals surface area contributed by atoms with E-state index in [1.165, 1.54) is 0 Å². The quantitative estimate of drug-likeness (QED) is 0.502. The Morgan fingerprint density at radius 3 is 2.46 bits per heavy atom. The number of carbonyl (C=O) groups excluding carboxylic acids is 1. The van der Waals surface area contributed by atoms with Gasteiger partial charge in [0.1, 0.15) is 18.1 Å². The maximum atomic E-state index is 11.7. The Balaban J connectivity index is 2.28. The van der Waals surface area contributed by atoms with E-state index >= 15 is 0 Å². The number of hydrogen-bond donors (Lipinski definition) is 2. The minimum Gasteiger partial charge on any atom is -0.496 e. The number of amides is 1. The monoisotopic (exact) mass is 328 g/mol. The van der Waals surface area contributed by atoms with Crippen LogP contribution in [0.4, 0.5) is 0 Å². The van der Waals surface area contributed by atoms with Gasteiger partial charge in [-0.1, -0.05) is 39.0 Å². The summed E-state index contributed by atoms with van der Waals surface area (Å²) in [6, 6.07) is 13.1. The predicted octanol–water partition coefficient (Wildman–Crippen LogP) is 3.18. The molecule has 0 radical (unpaired) electrons. The first-order chi connectivity index (χ1) is 11.4. The summed E-state index contributed by atoms with van der Waals surface area (Å²) in [5.74, 6) is 6.33. The summed E-state index contributed by atoms with van der Waals surface area (Å²) in [6.07, 6.45) is 0. The molecule has 0 aliphatic rings. The molecule has 0 heterocycles. The molecular formula is C19H24N2O3. The third-order valence-corrected chi connectivity index (χ3v) is 3.75. The van der Waals surface area contributed by atoms with Gasteiger partial charge in [0, 0.05) is 11.1 Å². The summed E-state index contributed by atoms with van der Waals surface area (Å²) in [6.45, 7) is 6.72. The number of ether oxygens (including phenoxy) is 2. The molecule has 2 aromatic rings. The van der Waals surface area contributed by atoms with Crippen LogP contribution in [0.3, 0.4) is 0 Å². The largest absolute Gasteiger partial charge is 0.496 e. The van der Waals surface area contributed by atoms with Gasteiger partial charge in [0.15, 0.2) is 0 Å². The number of methoxy groups -OCH3 is 1. The van der Waals surface area contributed by atoms with Crippen LogP contribution in [-0.4, -0.2) is 13.0 Å². The Morgan fingerprint density at radius 1 is 1.12 bits per heavy atom. The molecule has 1 amide bonds. The highest BCUT2D eigenvalue weighted by Crippen LogP contribution is 2.32. The van der Waals surface area contributed by atoms with E-state index in [-0.39, 0.29) is 11.3 Å². The lowest BCUT2D eigenvalue weighted by Crippen LogP contribution is -2.30. The molecule has 0 bridgehead atoms. The fourth-order valence-electron chi connectivity index (χ4n) is 2.48. The first-order valence-corrected chi connectivity index (χ1v) is 7.77. The second-order valence-corrected chi connectivity index (χ2v) is 6.53. The first kappa shape index (κ1) is 17.8. The average molecular weight is 328 g/mol. The summed E-state index contributed by atoms with van der Waals surface area (Å²) in [7, 11) is 1.59. The summed E-state index contributed by atoms with van der Waals surface area (Å²) < 4.78 is 11.4. The number of benzene rings is 2. The Morgan fingerprint density at radius 2 is 1.83 bits per heavy atom. The van der Waals surface area contributed by atoms with Gasteiger partial charge in [-0.2, -0.15) is 0 Å². The zero-order valence-corrected chi connectivity index (χ0v) is 14.6. The van der Waals surface area contributed by atoms with Crippen molar-refractivity contribution in [2.45, 2.75) is 32.8 Å². The minimum absolute atomic E-state index is 0.0258. The van der Waals surface area contributed by atoms with Crippen LogP contribution in [-0.2, 0) is 12.0 Å². The van der Waals surface area contributed by atoms with Gasteiger partial charge in [0.25, 0.3) is 5.91 Å². The van der Waals surface area contributed by atoms with Gasteiger partial charge < -0.3 is 9.47 Å². The molecule has 128 valence electrons. The van der Waals surface area contributed by atoms with E-state index in [0.29, 0.717) is 17.9 Å². The van der Waals surface area contributed by atoms with Crippen LogP contribution >= 0.6 is 0 Å². The molecule has 2 rings (SSSR count). The molecule has 3 N–H and O–H groups in total. The highest BCUT2D eigenvalue weighted by molar-refractivity contribution is 5.94. The molecule has 2 aromatic carbocycles. The molecular weight excluding hydrogens is 304 g/mol. The van der Waals surface area contributed by atoms with Crippen LogP contribution in [0, 0.1) is 0 Å².